The Morgan fingerprint density at radius 2 is 1.95 bits per heavy atom. The number of aromatic nitrogens is 1. The summed E-state index contributed by atoms with van der Waals surface area (Å²) in [7, 11) is 0. The number of piperidine rings is 1. The van der Waals surface area contributed by atoms with Crippen molar-refractivity contribution in [2.45, 2.75) is 44.8 Å². The number of anilines is 1. The van der Waals surface area contributed by atoms with E-state index in [1.807, 2.05) is 0 Å². The smallest absolute Gasteiger partial charge is 0.414 e. The zero-order valence-corrected chi connectivity index (χ0v) is 22.2. The summed E-state index contributed by atoms with van der Waals surface area (Å²) in [6, 6.07) is 8.65. The first-order valence-corrected chi connectivity index (χ1v) is 12.8. The second-order valence-corrected chi connectivity index (χ2v) is 11.2. The normalized spacial score (nSPS) is 25.5. The average molecular weight is 536 g/mol. The maximum atomic E-state index is 15.6. The van der Waals surface area contributed by atoms with Crippen LogP contribution in [0, 0.1) is 29.0 Å². The fourth-order valence-corrected chi connectivity index (χ4v) is 5.69. The zero-order chi connectivity index (χ0) is 28.1. The van der Waals surface area contributed by atoms with Crippen LogP contribution >= 0.6 is 0 Å². The number of fused-ring (bicyclic) bond motifs is 1. The van der Waals surface area contributed by atoms with Gasteiger partial charge in [-0.2, -0.15) is 5.26 Å². The second-order valence-electron chi connectivity index (χ2n) is 11.2. The van der Waals surface area contributed by atoms with Gasteiger partial charge in [-0.05, 0) is 50.6 Å². The molecule has 1 aliphatic carbocycles. The molecule has 3 aliphatic rings. The molecule has 1 saturated carbocycles. The van der Waals surface area contributed by atoms with Gasteiger partial charge in [-0.15, -0.1) is 0 Å². The highest BCUT2D eigenvalue weighted by Gasteiger charge is 2.71. The van der Waals surface area contributed by atoms with Gasteiger partial charge >= 0.3 is 12.2 Å². The lowest BCUT2D eigenvalue weighted by Crippen LogP contribution is -2.39. The van der Waals surface area contributed by atoms with Crippen LogP contribution in [0.5, 0.6) is 0 Å². The Morgan fingerprint density at radius 1 is 1.23 bits per heavy atom. The van der Waals surface area contributed by atoms with Crippen LogP contribution in [0.4, 0.5) is 19.7 Å². The Morgan fingerprint density at radius 3 is 2.56 bits per heavy atom. The van der Waals surface area contributed by atoms with Crippen molar-refractivity contribution in [1.29, 1.82) is 5.26 Å². The third kappa shape index (κ3) is 4.75. The van der Waals surface area contributed by atoms with Crippen molar-refractivity contribution in [1.82, 2.24) is 15.2 Å². The quantitative estimate of drug-likeness (QED) is 0.620. The van der Waals surface area contributed by atoms with Gasteiger partial charge in [-0.3, -0.25) is 14.7 Å². The Hall–Kier alpha value is -4.20. The summed E-state index contributed by atoms with van der Waals surface area (Å²) in [5, 5.41) is 12.9. The highest BCUT2D eigenvalue weighted by molar-refractivity contribution is 5.90. The summed E-state index contributed by atoms with van der Waals surface area (Å²) >= 11 is 0. The molecule has 1 N–H and O–H groups in total. The molecule has 3 heterocycles. The summed E-state index contributed by atoms with van der Waals surface area (Å²) < 4.78 is 26.3. The van der Waals surface area contributed by atoms with Crippen molar-refractivity contribution in [2.24, 2.45) is 11.8 Å². The Kier molecular flexibility index (Phi) is 6.45. The van der Waals surface area contributed by atoms with Crippen molar-refractivity contribution in [3.05, 3.63) is 48.0 Å². The lowest BCUT2D eigenvalue weighted by atomic mass is 9.86. The third-order valence-electron chi connectivity index (χ3n) is 7.49. The van der Waals surface area contributed by atoms with Gasteiger partial charge in [-0.1, -0.05) is 0 Å². The molecule has 11 heteroatoms. The van der Waals surface area contributed by atoms with Gasteiger partial charge in [0.25, 0.3) is 0 Å². The van der Waals surface area contributed by atoms with Crippen LogP contribution in [0.3, 0.4) is 0 Å². The molecule has 1 aromatic carbocycles. The minimum absolute atomic E-state index is 0.0987. The lowest BCUT2D eigenvalue weighted by molar-refractivity contribution is -0.119. The predicted octanol–water partition coefficient (Wildman–Crippen LogP) is 3.61. The van der Waals surface area contributed by atoms with Crippen molar-refractivity contribution in [3.8, 4) is 17.2 Å². The summed E-state index contributed by atoms with van der Waals surface area (Å²) in [5.41, 5.74) is 0.264. The molecule has 2 saturated heterocycles. The molecule has 0 radical (unpaired) electrons. The van der Waals surface area contributed by atoms with E-state index < -0.39 is 35.1 Å². The minimum Gasteiger partial charge on any atom is -0.444 e. The highest BCUT2D eigenvalue weighted by atomic mass is 19.1. The largest absolute Gasteiger partial charge is 0.444 e. The molecule has 2 aromatic rings. The molecule has 2 aliphatic heterocycles. The molecule has 204 valence electrons. The van der Waals surface area contributed by atoms with Crippen molar-refractivity contribution in [2.75, 3.05) is 31.1 Å². The molecule has 39 heavy (non-hydrogen) atoms. The van der Waals surface area contributed by atoms with Crippen LogP contribution in [0.1, 0.15) is 33.3 Å². The number of carbonyl (C=O) groups is 3. The summed E-state index contributed by atoms with van der Waals surface area (Å²) in [5.74, 6) is -1.01. The summed E-state index contributed by atoms with van der Waals surface area (Å²) in [6.07, 6.45) is 1.55. The monoisotopic (exact) mass is 535 g/mol. The van der Waals surface area contributed by atoms with E-state index in [1.54, 1.807) is 56.3 Å². The highest BCUT2D eigenvalue weighted by Crippen LogP contribution is 2.64. The van der Waals surface area contributed by atoms with Gasteiger partial charge < -0.3 is 19.7 Å². The average Bonchev–Trinajstić information content (AvgIpc) is 3.15. The van der Waals surface area contributed by atoms with Crippen LogP contribution in [0.15, 0.2) is 36.7 Å². The molecule has 5 rings (SSSR count). The minimum atomic E-state index is -0.864. The Bertz CT molecular complexity index is 1370. The Labute approximate surface area is 225 Å². The number of cyclic esters (lactones) is 1. The summed E-state index contributed by atoms with van der Waals surface area (Å²) in [6.45, 7) is 7.90. The number of ether oxygens (including phenoxy) is 2. The molecular formula is C28H30FN5O5. The maximum absolute atomic E-state index is 15.6. The van der Waals surface area contributed by atoms with Gasteiger partial charge in [-0.25, -0.2) is 14.0 Å². The number of amides is 3. The standard InChI is InChI=1S/C28H30FN5O5/c1-16(35)32-10-18-12-34(26(37)38-18)17-5-6-19(24(29)9-17)20-11-31-8-7-21(20)28(15-30)22-13-33(14-23(22)28)25(36)39-27(2,3)4/h5-9,11,18,22-23H,10,12-14H2,1-4H3,(H,32,35)/t18-,22-,23+,28?/m0/s1. The summed E-state index contributed by atoms with van der Waals surface area (Å²) in [4.78, 5) is 43.2. The van der Waals surface area contributed by atoms with E-state index in [2.05, 4.69) is 16.4 Å². The van der Waals surface area contributed by atoms with E-state index in [0.29, 0.717) is 29.9 Å². The van der Waals surface area contributed by atoms with E-state index in [9.17, 15) is 19.6 Å². The number of likely N-dealkylation sites (tertiary alicyclic amines) is 1. The molecular weight excluding hydrogens is 505 g/mol. The first-order valence-electron chi connectivity index (χ1n) is 12.8. The number of benzene rings is 1. The van der Waals surface area contributed by atoms with Crippen molar-refractivity contribution >= 4 is 23.8 Å². The second kappa shape index (κ2) is 9.52. The molecule has 1 aromatic heterocycles. The molecule has 4 atom stereocenters. The van der Waals surface area contributed by atoms with Gasteiger partial charge in [0.05, 0.1) is 30.3 Å². The zero-order valence-electron chi connectivity index (χ0n) is 22.2. The Balaban J connectivity index is 1.37. The number of nitrogens with one attached hydrogen (secondary N) is 1. The molecule has 0 spiro atoms. The van der Waals surface area contributed by atoms with E-state index in [0.717, 1.165) is 0 Å². The van der Waals surface area contributed by atoms with Crippen molar-refractivity contribution in [3.63, 3.8) is 0 Å². The fourth-order valence-electron chi connectivity index (χ4n) is 5.69. The van der Waals surface area contributed by atoms with E-state index in [4.69, 9.17) is 9.47 Å². The molecule has 10 nitrogen and oxygen atoms in total. The number of hydrogen-bond donors (Lipinski definition) is 1. The van der Waals surface area contributed by atoms with Gasteiger partial charge in [0.1, 0.15) is 17.5 Å². The topological polar surface area (TPSA) is 125 Å². The molecule has 3 amide bonds. The van der Waals surface area contributed by atoms with E-state index in [1.165, 1.54) is 17.9 Å². The van der Waals surface area contributed by atoms with Gasteiger partial charge in [0.15, 0.2) is 0 Å². The van der Waals surface area contributed by atoms with Crippen LogP contribution in [0.2, 0.25) is 0 Å². The van der Waals surface area contributed by atoms with Gasteiger partial charge in [0, 0.05) is 55.4 Å². The molecule has 1 unspecified atom stereocenters. The van der Waals surface area contributed by atoms with Crippen LogP contribution in [-0.2, 0) is 19.7 Å². The number of halogens is 1. The number of nitrogens with zero attached hydrogens (tertiary/aromatic N) is 4. The first-order chi connectivity index (χ1) is 18.4. The van der Waals surface area contributed by atoms with Gasteiger partial charge in [0.2, 0.25) is 5.91 Å². The first kappa shape index (κ1) is 26.4. The van der Waals surface area contributed by atoms with E-state index in [-0.39, 0.29) is 36.4 Å². The van der Waals surface area contributed by atoms with Crippen LogP contribution < -0.4 is 10.2 Å². The maximum Gasteiger partial charge on any atom is 0.414 e. The lowest BCUT2D eigenvalue weighted by Gasteiger charge is -2.27. The molecule has 0 bridgehead atoms. The number of pyridine rings is 1. The van der Waals surface area contributed by atoms with Crippen LogP contribution in [-0.4, -0.2) is 65.9 Å². The van der Waals surface area contributed by atoms with Crippen molar-refractivity contribution < 1.29 is 28.2 Å². The third-order valence-corrected chi connectivity index (χ3v) is 7.49. The number of nitriles is 1. The van der Waals surface area contributed by atoms with Crippen LogP contribution in [0.25, 0.3) is 11.1 Å². The number of hydrogen-bond acceptors (Lipinski definition) is 7. The number of rotatable bonds is 5. The molecule has 3 fully saturated rings. The number of carbonyl (C=O) groups excluding carboxylic acids is 3. The SMILES string of the molecule is CC(=O)NC[C@H]1CN(c2ccc(-c3cnccc3C3(C#N)[C@@H]4CN(C(=O)OC(C)(C)C)C[C@@H]43)c(F)c2)C(=O)O1. The predicted molar refractivity (Wildman–Crippen MR) is 138 cm³/mol. The van der Waals surface area contributed by atoms with E-state index >= 15 is 4.39 Å². The fraction of sp³-hybridized carbons (Fsp3) is 0.464.